The molecule has 0 rings (SSSR count). The van der Waals surface area contributed by atoms with Crippen molar-refractivity contribution >= 4 is 34.7 Å². The summed E-state index contributed by atoms with van der Waals surface area (Å²) in [4.78, 5) is 66.2. The molecule has 0 aromatic carbocycles. The van der Waals surface area contributed by atoms with E-state index in [-0.39, 0.29) is 109 Å². The first-order chi connectivity index (χ1) is 14.8. The molecule has 0 heterocycles. The van der Waals surface area contributed by atoms with Crippen molar-refractivity contribution in [1.29, 1.82) is 0 Å². The number of ketones is 6. The average molecular weight is 570 g/mol. The number of rotatable bonds is 12. The minimum Gasteiger partial charge on any atom is -0.299 e. The monoisotopic (exact) mass is 570 g/mol. The van der Waals surface area contributed by atoms with E-state index in [9.17, 15) is 28.8 Å². The van der Waals surface area contributed by atoms with Crippen molar-refractivity contribution in [3.8, 4) is 0 Å². The number of carbonyl (C=O) groups is 6. The molecule has 0 atom stereocenters. The summed E-state index contributed by atoms with van der Waals surface area (Å²) in [6.07, 6.45) is 0.319. The maximum absolute atomic E-state index is 11.0. The Bertz CT molecular complexity index is 514. The second-order valence-corrected chi connectivity index (χ2v) is 10.3. The molecule has 0 aromatic heterocycles. The van der Waals surface area contributed by atoms with E-state index in [2.05, 4.69) is 0 Å². The fourth-order valence-electron chi connectivity index (χ4n) is 1.74. The first kappa shape index (κ1) is 39.8. The molecule has 0 aromatic rings. The summed E-state index contributed by atoms with van der Waals surface area (Å²) in [7, 11) is 0. The summed E-state index contributed by atoms with van der Waals surface area (Å²) < 4.78 is 0. The molecule has 0 bridgehead atoms. The molecular weight excluding hydrogens is 521 g/mol. The Morgan fingerprint density at radius 2 is 0.412 bits per heavy atom. The van der Waals surface area contributed by atoms with Crippen LogP contribution in [0.25, 0.3) is 0 Å². The van der Waals surface area contributed by atoms with Gasteiger partial charge in [0, 0.05) is 55.0 Å². The molecule has 0 fully saturated rings. The van der Waals surface area contributed by atoms with Crippen LogP contribution >= 0.6 is 0 Å². The van der Waals surface area contributed by atoms with Crippen LogP contribution < -0.4 is 0 Å². The summed E-state index contributed by atoms with van der Waals surface area (Å²) in [5, 5.41) is 0. The largest absolute Gasteiger partial charge is 0.299 e. The average Bonchev–Trinajstić information content (AvgIpc) is 2.67. The number of hydrogen-bond donors (Lipinski definition) is 0. The molecule has 0 N–H and O–H groups in total. The van der Waals surface area contributed by atoms with Gasteiger partial charge in [0.2, 0.25) is 0 Å². The van der Waals surface area contributed by atoms with Crippen molar-refractivity contribution < 1.29 is 48.2 Å². The van der Waals surface area contributed by atoms with Gasteiger partial charge in [-0.3, -0.25) is 28.8 Å². The maximum atomic E-state index is 11.0. The molecule has 0 amide bonds. The number of hydrogen-bond acceptors (Lipinski definition) is 6. The number of Topliss-reactive ketones (excluding diaryl/α,β-unsaturated/α-hetero) is 6. The molecule has 0 spiro atoms. The van der Waals surface area contributed by atoms with Crippen molar-refractivity contribution in [3.05, 3.63) is 0 Å². The Morgan fingerprint density at radius 3 is 0.471 bits per heavy atom. The van der Waals surface area contributed by atoms with Crippen molar-refractivity contribution in [2.45, 2.75) is 102 Å². The standard InChI is InChI=1S/3C9H16O2.Ru/c3*1-6(2)8(10)5-9(11)7(3)4;/h3*6-7H,5H2,1-4H3;. The zero-order valence-corrected chi connectivity index (χ0v) is 25.1. The van der Waals surface area contributed by atoms with E-state index in [0.717, 1.165) is 0 Å². The van der Waals surface area contributed by atoms with E-state index in [0.29, 0.717) is 0 Å². The van der Waals surface area contributed by atoms with Crippen LogP contribution in [-0.2, 0) is 48.2 Å². The van der Waals surface area contributed by atoms with Gasteiger partial charge in [0.25, 0.3) is 0 Å². The van der Waals surface area contributed by atoms with E-state index < -0.39 is 0 Å². The van der Waals surface area contributed by atoms with Crippen LogP contribution in [0.4, 0.5) is 0 Å². The van der Waals surface area contributed by atoms with Gasteiger partial charge in [-0.25, -0.2) is 0 Å². The van der Waals surface area contributed by atoms with E-state index >= 15 is 0 Å². The van der Waals surface area contributed by atoms with Gasteiger partial charge in [-0.05, 0) is 0 Å². The third-order valence-corrected chi connectivity index (χ3v) is 4.91. The second-order valence-electron chi connectivity index (χ2n) is 10.3. The third-order valence-electron chi connectivity index (χ3n) is 4.91. The van der Waals surface area contributed by atoms with E-state index in [1.807, 2.05) is 83.1 Å². The van der Waals surface area contributed by atoms with Gasteiger partial charge in [-0.15, -0.1) is 0 Å². The van der Waals surface area contributed by atoms with Gasteiger partial charge in [-0.2, -0.15) is 0 Å². The Balaban J connectivity index is -0.000000196. The summed E-state index contributed by atoms with van der Waals surface area (Å²) >= 11 is 0. The molecule has 0 saturated heterocycles. The molecule has 0 aliphatic carbocycles. The SMILES string of the molecule is CC(C)C(=O)CC(=O)C(C)C.CC(C)C(=O)CC(=O)C(C)C.CC(C)C(=O)CC(=O)C(C)C.[Ru]. The normalized spacial score (nSPS) is 10.4. The van der Waals surface area contributed by atoms with E-state index in [1.54, 1.807) is 0 Å². The van der Waals surface area contributed by atoms with Crippen LogP contribution in [-0.4, -0.2) is 34.7 Å². The van der Waals surface area contributed by atoms with Crippen LogP contribution in [0.3, 0.4) is 0 Å². The summed E-state index contributed by atoms with van der Waals surface area (Å²) in [6.45, 7) is 21.8. The van der Waals surface area contributed by atoms with Crippen molar-refractivity contribution in [2.24, 2.45) is 35.5 Å². The summed E-state index contributed by atoms with van der Waals surface area (Å²) in [5.41, 5.74) is 0. The zero-order valence-electron chi connectivity index (χ0n) is 23.4. The predicted molar refractivity (Wildman–Crippen MR) is 133 cm³/mol. The maximum Gasteiger partial charge on any atom is 0.142 e. The van der Waals surface area contributed by atoms with Crippen molar-refractivity contribution in [3.63, 3.8) is 0 Å². The van der Waals surface area contributed by atoms with Gasteiger partial charge in [0.1, 0.15) is 34.7 Å². The first-order valence-corrected chi connectivity index (χ1v) is 12.0. The van der Waals surface area contributed by atoms with Gasteiger partial charge in [0.15, 0.2) is 0 Å². The summed E-state index contributed by atoms with van der Waals surface area (Å²) in [5.74, 6) is 0.174. The van der Waals surface area contributed by atoms with Crippen LogP contribution in [0.5, 0.6) is 0 Å². The van der Waals surface area contributed by atoms with Gasteiger partial charge in [-0.1, -0.05) is 83.1 Å². The van der Waals surface area contributed by atoms with Crippen molar-refractivity contribution in [1.82, 2.24) is 0 Å². The summed E-state index contributed by atoms with van der Waals surface area (Å²) in [6, 6.07) is 0. The quantitative estimate of drug-likeness (QED) is 0.228. The fourth-order valence-corrected chi connectivity index (χ4v) is 1.74. The number of carbonyl (C=O) groups excluding carboxylic acids is 6. The smallest absolute Gasteiger partial charge is 0.142 e. The Hall–Kier alpha value is -1.36. The van der Waals surface area contributed by atoms with Crippen LogP contribution in [0, 0.1) is 35.5 Å². The molecule has 6 nitrogen and oxygen atoms in total. The van der Waals surface area contributed by atoms with Crippen molar-refractivity contribution in [2.75, 3.05) is 0 Å². The molecule has 7 heteroatoms. The Labute approximate surface area is 220 Å². The van der Waals surface area contributed by atoms with E-state index in [1.165, 1.54) is 0 Å². The minimum atomic E-state index is -0.0160. The molecule has 200 valence electrons. The van der Waals surface area contributed by atoms with Crippen LogP contribution in [0.15, 0.2) is 0 Å². The predicted octanol–water partition coefficient (Wildman–Crippen LogP) is 5.48. The van der Waals surface area contributed by atoms with Crippen LogP contribution in [0.1, 0.15) is 102 Å². The third kappa shape index (κ3) is 22.4. The molecule has 0 radical (unpaired) electrons. The second kappa shape index (κ2) is 21.0. The molecule has 0 unspecified atom stereocenters. The van der Waals surface area contributed by atoms with Gasteiger partial charge in [0.05, 0.1) is 19.3 Å². The van der Waals surface area contributed by atoms with E-state index in [4.69, 9.17) is 0 Å². The molecule has 0 aliphatic heterocycles. The molecule has 34 heavy (non-hydrogen) atoms. The molecular formula is C27H48O6Ru. The fraction of sp³-hybridized carbons (Fsp3) is 0.778. The Morgan fingerprint density at radius 1 is 0.324 bits per heavy atom. The Kier molecular flexibility index (Phi) is 24.6. The molecule has 0 saturated carbocycles. The first-order valence-electron chi connectivity index (χ1n) is 12.0. The van der Waals surface area contributed by atoms with Gasteiger partial charge >= 0.3 is 0 Å². The molecule has 0 aliphatic rings. The topological polar surface area (TPSA) is 102 Å². The van der Waals surface area contributed by atoms with Crippen LogP contribution in [0.2, 0.25) is 0 Å². The van der Waals surface area contributed by atoms with Gasteiger partial charge < -0.3 is 0 Å². The minimum absolute atomic E-state index is 0. The zero-order chi connectivity index (χ0) is 27.0.